The lowest BCUT2D eigenvalue weighted by Gasteiger charge is -2.09. The van der Waals surface area contributed by atoms with Gasteiger partial charge in [0.05, 0.1) is 0 Å². The minimum absolute atomic E-state index is 0.282. The van der Waals surface area contributed by atoms with Gasteiger partial charge in [-0.25, -0.2) is 17.2 Å². The van der Waals surface area contributed by atoms with Crippen molar-refractivity contribution in [3.8, 4) is 0 Å². The fraction of sp³-hybridized carbons (Fsp3) is 0. The Hall–Kier alpha value is -1.22. The summed E-state index contributed by atoms with van der Waals surface area (Å²) in [5.74, 6) is -1.82. The molecule has 0 aromatic heterocycles. The molecule has 0 radical (unpaired) electrons. The van der Waals surface area contributed by atoms with Crippen LogP contribution in [0.5, 0.6) is 0 Å². The number of sulfonamides is 1. The van der Waals surface area contributed by atoms with Crippen LogP contribution in [-0.2, 0) is 10.0 Å². The van der Waals surface area contributed by atoms with Crippen molar-refractivity contribution in [1.29, 1.82) is 0 Å². The van der Waals surface area contributed by atoms with E-state index < -0.39 is 26.6 Å². The molecule has 0 heterocycles. The van der Waals surface area contributed by atoms with Crippen molar-refractivity contribution in [1.82, 2.24) is 0 Å². The first kappa shape index (κ1) is 14.2. The summed E-state index contributed by atoms with van der Waals surface area (Å²) in [6.07, 6.45) is 0. The standard InChI is InChI=1S/C12H8F2INO2S/c13-8-1-6-11(14)12(7-8)19(17,18)16-10-4-2-9(15)3-5-10/h1-7,16H. The van der Waals surface area contributed by atoms with Crippen LogP contribution in [0, 0.1) is 15.2 Å². The van der Waals surface area contributed by atoms with Gasteiger partial charge in [0.15, 0.2) is 0 Å². The van der Waals surface area contributed by atoms with E-state index in [4.69, 9.17) is 0 Å². The number of rotatable bonds is 3. The maximum Gasteiger partial charge on any atom is 0.264 e. The Labute approximate surface area is 122 Å². The Morgan fingerprint density at radius 3 is 2.26 bits per heavy atom. The number of hydrogen-bond acceptors (Lipinski definition) is 2. The van der Waals surface area contributed by atoms with Gasteiger partial charge in [-0.05, 0) is 65.1 Å². The summed E-state index contributed by atoms with van der Waals surface area (Å²) in [5.41, 5.74) is 0.282. The predicted molar refractivity (Wildman–Crippen MR) is 76.3 cm³/mol. The molecular formula is C12H8F2INO2S. The second-order valence-electron chi connectivity index (χ2n) is 3.69. The second kappa shape index (κ2) is 5.41. The van der Waals surface area contributed by atoms with Crippen molar-refractivity contribution in [3.05, 3.63) is 57.7 Å². The van der Waals surface area contributed by atoms with Gasteiger partial charge in [-0.2, -0.15) is 0 Å². The lowest BCUT2D eigenvalue weighted by atomic mass is 10.3. The summed E-state index contributed by atoms with van der Waals surface area (Å²) in [5, 5.41) is 0. The highest BCUT2D eigenvalue weighted by molar-refractivity contribution is 14.1. The summed E-state index contributed by atoms with van der Waals surface area (Å²) >= 11 is 2.07. The van der Waals surface area contributed by atoms with Crippen molar-refractivity contribution in [3.63, 3.8) is 0 Å². The van der Waals surface area contributed by atoms with Crippen LogP contribution in [0.25, 0.3) is 0 Å². The van der Waals surface area contributed by atoms with E-state index in [2.05, 4.69) is 27.3 Å². The zero-order valence-electron chi connectivity index (χ0n) is 9.40. The molecule has 7 heteroatoms. The Balaban J connectivity index is 2.37. The third-order valence-corrected chi connectivity index (χ3v) is 4.39. The van der Waals surface area contributed by atoms with E-state index in [1.54, 1.807) is 12.1 Å². The van der Waals surface area contributed by atoms with Gasteiger partial charge >= 0.3 is 0 Å². The van der Waals surface area contributed by atoms with E-state index in [-0.39, 0.29) is 5.69 Å². The molecule has 0 spiro atoms. The largest absolute Gasteiger partial charge is 0.280 e. The van der Waals surface area contributed by atoms with Crippen LogP contribution in [0.4, 0.5) is 14.5 Å². The summed E-state index contributed by atoms with van der Waals surface area (Å²) in [6.45, 7) is 0. The fourth-order valence-electron chi connectivity index (χ4n) is 1.41. The van der Waals surface area contributed by atoms with Crippen molar-refractivity contribution in [2.45, 2.75) is 4.90 Å². The SMILES string of the molecule is O=S(=O)(Nc1ccc(I)cc1)c1cc(F)ccc1F. The normalized spacial score (nSPS) is 11.3. The van der Waals surface area contributed by atoms with Gasteiger partial charge in [-0.15, -0.1) is 0 Å². The zero-order chi connectivity index (χ0) is 14.0. The number of benzene rings is 2. The van der Waals surface area contributed by atoms with E-state index in [0.717, 1.165) is 15.7 Å². The Morgan fingerprint density at radius 2 is 1.63 bits per heavy atom. The molecule has 0 saturated carbocycles. The van der Waals surface area contributed by atoms with Gasteiger partial charge < -0.3 is 0 Å². The average molecular weight is 395 g/mol. The molecule has 0 aliphatic carbocycles. The molecule has 0 bridgehead atoms. The van der Waals surface area contributed by atoms with Gasteiger partial charge in [0.25, 0.3) is 10.0 Å². The molecule has 100 valence electrons. The average Bonchev–Trinajstić information content (AvgIpc) is 2.35. The van der Waals surface area contributed by atoms with Gasteiger partial charge in [0.2, 0.25) is 0 Å². The molecule has 0 aliphatic rings. The molecule has 2 rings (SSSR count). The summed E-state index contributed by atoms with van der Waals surface area (Å²) in [4.78, 5) is -0.717. The Bertz CT molecular complexity index is 702. The molecule has 0 fully saturated rings. The summed E-state index contributed by atoms with van der Waals surface area (Å²) < 4.78 is 53.5. The monoisotopic (exact) mass is 395 g/mol. The smallest absolute Gasteiger partial charge is 0.264 e. The van der Waals surface area contributed by atoms with Crippen LogP contribution < -0.4 is 4.72 Å². The van der Waals surface area contributed by atoms with E-state index in [1.165, 1.54) is 12.1 Å². The molecule has 0 atom stereocenters. The van der Waals surface area contributed by atoms with Crippen LogP contribution in [0.15, 0.2) is 47.4 Å². The topological polar surface area (TPSA) is 46.2 Å². The van der Waals surface area contributed by atoms with Crippen LogP contribution in [0.1, 0.15) is 0 Å². The lowest BCUT2D eigenvalue weighted by Crippen LogP contribution is -2.14. The number of hydrogen-bond donors (Lipinski definition) is 1. The molecule has 3 nitrogen and oxygen atoms in total. The first-order valence-electron chi connectivity index (χ1n) is 5.12. The number of halogens is 3. The third-order valence-electron chi connectivity index (χ3n) is 2.28. The molecule has 19 heavy (non-hydrogen) atoms. The number of nitrogens with one attached hydrogen (secondary N) is 1. The van der Waals surface area contributed by atoms with E-state index in [9.17, 15) is 17.2 Å². The first-order chi connectivity index (χ1) is 8.88. The van der Waals surface area contributed by atoms with Crippen molar-refractivity contribution >= 4 is 38.3 Å². The molecule has 2 aromatic rings. The molecule has 0 amide bonds. The third kappa shape index (κ3) is 3.41. The molecule has 0 unspecified atom stereocenters. The quantitative estimate of drug-likeness (QED) is 0.811. The van der Waals surface area contributed by atoms with Crippen molar-refractivity contribution < 1.29 is 17.2 Å². The van der Waals surface area contributed by atoms with Gasteiger partial charge in [-0.3, -0.25) is 4.72 Å². The fourth-order valence-corrected chi connectivity index (χ4v) is 2.92. The van der Waals surface area contributed by atoms with E-state index >= 15 is 0 Å². The molecule has 0 saturated heterocycles. The Kier molecular flexibility index (Phi) is 4.04. The molecule has 0 aliphatic heterocycles. The maximum absolute atomic E-state index is 13.4. The van der Waals surface area contributed by atoms with Gasteiger partial charge in [0, 0.05) is 9.26 Å². The number of anilines is 1. The van der Waals surface area contributed by atoms with Crippen molar-refractivity contribution in [2.24, 2.45) is 0 Å². The molecule has 1 N–H and O–H groups in total. The van der Waals surface area contributed by atoms with E-state index in [1.807, 2.05) is 0 Å². The highest BCUT2D eigenvalue weighted by atomic mass is 127. The van der Waals surface area contributed by atoms with Crippen molar-refractivity contribution in [2.75, 3.05) is 4.72 Å². The predicted octanol–water partition coefficient (Wildman–Crippen LogP) is 3.37. The van der Waals surface area contributed by atoms with E-state index in [0.29, 0.717) is 6.07 Å². The Morgan fingerprint density at radius 1 is 1.00 bits per heavy atom. The van der Waals surface area contributed by atoms with Crippen LogP contribution in [-0.4, -0.2) is 8.42 Å². The maximum atomic E-state index is 13.4. The molecule has 2 aromatic carbocycles. The summed E-state index contributed by atoms with van der Waals surface area (Å²) in [6, 6.07) is 8.75. The zero-order valence-corrected chi connectivity index (χ0v) is 12.4. The first-order valence-corrected chi connectivity index (χ1v) is 7.68. The minimum atomic E-state index is -4.15. The van der Waals surface area contributed by atoms with Crippen LogP contribution in [0.3, 0.4) is 0 Å². The van der Waals surface area contributed by atoms with Crippen LogP contribution >= 0.6 is 22.6 Å². The minimum Gasteiger partial charge on any atom is -0.280 e. The lowest BCUT2D eigenvalue weighted by molar-refractivity contribution is 0.555. The second-order valence-corrected chi connectivity index (χ2v) is 6.58. The molecular weight excluding hydrogens is 387 g/mol. The van der Waals surface area contributed by atoms with Gasteiger partial charge in [-0.1, -0.05) is 0 Å². The van der Waals surface area contributed by atoms with Crippen LogP contribution in [0.2, 0.25) is 0 Å². The summed E-state index contributed by atoms with van der Waals surface area (Å²) in [7, 11) is -4.15. The highest BCUT2D eigenvalue weighted by Crippen LogP contribution is 2.20. The highest BCUT2D eigenvalue weighted by Gasteiger charge is 2.19. The van der Waals surface area contributed by atoms with Gasteiger partial charge in [0.1, 0.15) is 16.5 Å².